The van der Waals surface area contributed by atoms with Crippen molar-refractivity contribution in [2.24, 2.45) is 5.92 Å². The minimum absolute atomic E-state index is 0.868. The van der Waals surface area contributed by atoms with Gasteiger partial charge < -0.3 is 10.2 Å². The van der Waals surface area contributed by atoms with E-state index in [0.29, 0.717) is 0 Å². The smallest absolute Gasteiger partial charge is 0.00947 e. The quantitative estimate of drug-likeness (QED) is 0.632. The highest BCUT2D eigenvalue weighted by molar-refractivity contribution is 4.76. The summed E-state index contributed by atoms with van der Waals surface area (Å²) >= 11 is 0. The van der Waals surface area contributed by atoms with Crippen LogP contribution in [-0.2, 0) is 0 Å². The van der Waals surface area contributed by atoms with Crippen molar-refractivity contribution in [2.45, 2.75) is 71.3 Å². The molecule has 2 atom stereocenters. The topological polar surface area (TPSA) is 15.3 Å². The number of rotatable bonds is 9. The molecule has 0 saturated heterocycles. The number of unbranched alkanes of at least 4 members (excludes halogenated alkanes) is 2. The highest BCUT2D eigenvalue weighted by atomic mass is 15.1. The van der Waals surface area contributed by atoms with Crippen molar-refractivity contribution < 1.29 is 0 Å². The summed E-state index contributed by atoms with van der Waals surface area (Å²) < 4.78 is 0. The molecule has 0 aromatic rings. The first-order valence-corrected chi connectivity index (χ1v) is 8.15. The molecule has 1 aliphatic carbocycles. The van der Waals surface area contributed by atoms with Crippen LogP contribution in [0.4, 0.5) is 0 Å². The Morgan fingerprint density at radius 3 is 2.67 bits per heavy atom. The van der Waals surface area contributed by atoms with Gasteiger partial charge in [-0.05, 0) is 64.7 Å². The van der Waals surface area contributed by atoms with E-state index in [9.17, 15) is 0 Å². The van der Waals surface area contributed by atoms with Gasteiger partial charge in [-0.15, -0.1) is 0 Å². The van der Waals surface area contributed by atoms with Gasteiger partial charge in [-0.1, -0.05) is 33.1 Å². The molecule has 0 spiro atoms. The van der Waals surface area contributed by atoms with Crippen molar-refractivity contribution >= 4 is 0 Å². The van der Waals surface area contributed by atoms with Crippen molar-refractivity contribution in [1.82, 2.24) is 10.2 Å². The lowest BCUT2D eigenvalue weighted by atomic mass is 9.86. The number of nitrogens with one attached hydrogen (secondary N) is 1. The van der Waals surface area contributed by atoms with E-state index in [4.69, 9.17) is 0 Å². The van der Waals surface area contributed by atoms with Crippen LogP contribution in [0.1, 0.15) is 65.2 Å². The van der Waals surface area contributed by atoms with Crippen LogP contribution in [0.25, 0.3) is 0 Å². The first kappa shape index (κ1) is 16.0. The molecule has 108 valence electrons. The van der Waals surface area contributed by atoms with Crippen LogP contribution in [0.15, 0.2) is 0 Å². The van der Waals surface area contributed by atoms with Gasteiger partial charge in [0, 0.05) is 6.04 Å². The van der Waals surface area contributed by atoms with Crippen LogP contribution in [0.2, 0.25) is 0 Å². The van der Waals surface area contributed by atoms with Gasteiger partial charge in [0.05, 0.1) is 0 Å². The highest BCUT2D eigenvalue weighted by Crippen LogP contribution is 2.26. The summed E-state index contributed by atoms with van der Waals surface area (Å²) in [7, 11) is 2.33. The van der Waals surface area contributed by atoms with Crippen LogP contribution in [0, 0.1) is 5.92 Å². The summed E-state index contributed by atoms with van der Waals surface area (Å²) in [5, 5.41) is 3.48. The van der Waals surface area contributed by atoms with E-state index in [1.54, 1.807) is 0 Å². The molecule has 0 aliphatic heterocycles. The lowest BCUT2D eigenvalue weighted by Gasteiger charge is -2.34. The van der Waals surface area contributed by atoms with E-state index in [2.05, 4.69) is 31.1 Å². The Labute approximate surface area is 115 Å². The van der Waals surface area contributed by atoms with Crippen molar-refractivity contribution in [2.75, 3.05) is 26.7 Å². The van der Waals surface area contributed by atoms with Gasteiger partial charge in [0.2, 0.25) is 0 Å². The Morgan fingerprint density at radius 2 is 1.94 bits per heavy atom. The summed E-state index contributed by atoms with van der Waals surface area (Å²) in [6.45, 7) is 8.33. The Morgan fingerprint density at radius 1 is 1.11 bits per heavy atom. The molecule has 0 aromatic heterocycles. The highest BCUT2D eigenvalue weighted by Gasteiger charge is 2.21. The molecular weight excluding hydrogens is 220 g/mol. The van der Waals surface area contributed by atoms with Gasteiger partial charge in [0.1, 0.15) is 0 Å². The molecular formula is C16H34N2. The van der Waals surface area contributed by atoms with Crippen molar-refractivity contribution in [3.63, 3.8) is 0 Å². The standard InChI is InChI=1S/C16H34N2/c1-4-11-17-12-6-5-7-13-18(3)16-10-8-9-15(2)14-16/h15-17H,4-14H2,1-3H3. The van der Waals surface area contributed by atoms with Crippen LogP contribution >= 0.6 is 0 Å². The predicted octanol–water partition coefficient (Wildman–Crippen LogP) is 3.67. The molecule has 0 aromatic carbocycles. The zero-order valence-corrected chi connectivity index (χ0v) is 12.9. The minimum Gasteiger partial charge on any atom is -0.317 e. The summed E-state index contributed by atoms with van der Waals surface area (Å²) in [6, 6.07) is 0.868. The summed E-state index contributed by atoms with van der Waals surface area (Å²) in [5.74, 6) is 0.949. The lowest BCUT2D eigenvalue weighted by molar-refractivity contribution is 0.161. The van der Waals surface area contributed by atoms with Gasteiger partial charge in [-0.3, -0.25) is 0 Å². The fourth-order valence-corrected chi connectivity index (χ4v) is 3.07. The van der Waals surface area contributed by atoms with Gasteiger partial charge >= 0.3 is 0 Å². The molecule has 1 rings (SSSR count). The van der Waals surface area contributed by atoms with E-state index in [-0.39, 0.29) is 0 Å². The Hall–Kier alpha value is -0.0800. The Balaban J connectivity index is 1.97. The first-order valence-electron chi connectivity index (χ1n) is 8.15. The van der Waals surface area contributed by atoms with Gasteiger partial charge in [-0.2, -0.15) is 0 Å². The third-order valence-electron chi connectivity index (χ3n) is 4.32. The second kappa shape index (κ2) is 9.80. The second-order valence-corrected chi connectivity index (χ2v) is 6.22. The molecule has 2 unspecified atom stereocenters. The van der Waals surface area contributed by atoms with E-state index < -0.39 is 0 Å². The van der Waals surface area contributed by atoms with Gasteiger partial charge in [0.15, 0.2) is 0 Å². The zero-order chi connectivity index (χ0) is 13.2. The number of nitrogens with zero attached hydrogens (tertiary/aromatic N) is 1. The predicted molar refractivity (Wildman–Crippen MR) is 81.1 cm³/mol. The van der Waals surface area contributed by atoms with Gasteiger partial charge in [-0.25, -0.2) is 0 Å². The van der Waals surface area contributed by atoms with Crippen LogP contribution in [0.3, 0.4) is 0 Å². The maximum Gasteiger partial charge on any atom is 0.00947 e. The van der Waals surface area contributed by atoms with E-state index >= 15 is 0 Å². The van der Waals surface area contributed by atoms with Crippen LogP contribution < -0.4 is 5.32 Å². The molecule has 2 heteroatoms. The molecule has 1 N–H and O–H groups in total. The van der Waals surface area contributed by atoms with Crippen molar-refractivity contribution in [3.8, 4) is 0 Å². The normalized spacial score (nSPS) is 24.7. The SMILES string of the molecule is CCCNCCCCCN(C)C1CCCC(C)C1. The molecule has 1 saturated carbocycles. The first-order chi connectivity index (χ1) is 8.74. The van der Waals surface area contributed by atoms with Crippen molar-refractivity contribution in [3.05, 3.63) is 0 Å². The zero-order valence-electron chi connectivity index (χ0n) is 12.9. The molecule has 0 heterocycles. The monoisotopic (exact) mass is 254 g/mol. The molecule has 0 bridgehead atoms. The summed E-state index contributed by atoms with van der Waals surface area (Å²) in [6.07, 6.45) is 11.1. The van der Waals surface area contributed by atoms with Crippen LogP contribution in [-0.4, -0.2) is 37.6 Å². The van der Waals surface area contributed by atoms with Gasteiger partial charge in [0.25, 0.3) is 0 Å². The Bertz CT molecular complexity index is 194. The molecule has 18 heavy (non-hydrogen) atoms. The molecule has 1 fully saturated rings. The largest absolute Gasteiger partial charge is 0.317 e. The minimum atomic E-state index is 0.868. The summed E-state index contributed by atoms with van der Waals surface area (Å²) in [4.78, 5) is 2.62. The van der Waals surface area contributed by atoms with Crippen LogP contribution in [0.5, 0.6) is 0 Å². The third-order valence-corrected chi connectivity index (χ3v) is 4.32. The van der Waals surface area contributed by atoms with Crippen molar-refractivity contribution in [1.29, 1.82) is 0 Å². The van der Waals surface area contributed by atoms with E-state index in [0.717, 1.165) is 12.0 Å². The van der Waals surface area contributed by atoms with E-state index in [1.807, 2.05) is 0 Å². The molecule has 0 radical (unpaired) electrons. The van der Waals surface area contributed by atoms with E-state index in [1.165, 1.54) is 71.0 Å². The third kappa shape index (κ3) is 6.75. The second-order valence-electron chi connectivity index (χ2n) is 6.22. The average Bonchev–Trinajstić information content (AvgIpc) is 2.37. The molecule has 2 nitrogen and oxygen atoms in total. The number of hydrogen-bond acceptors (Lipinski definition) is 2. The number of hydrogen-bond donors (Lipinski definition) is 1. The fourth-order valence-electron chi connectivity index (χ4n) is 3.07. The molecule has 0 amide bonds. The average molecular weight is 254 g/mol. The fraction of sp³-hybridized carbons (Fsp3) is 1.00. The summed E-state index contributed by atoms with van der Waals surface area (Å²) in [5.41, 5.74) is 0. The maximum absolute atomic E-state index is 3.48. The lowest BCUT2D eigenvalue weighted by Crippen LogP contribution is -2.36. The maximum atomic E-state index is 3.48. The molecule has 1 aliphatic rings. The Kier molecular flexibility index (Phi) is 8.70.